The molecule has 1 aliphatic heterocycles. The summed E-state index contributed by atoms with van der Waals surface area (Å²) in [5.74, 6) is -0.104. The van der Waals surface area contributed by atoms with Crippen LogP contribution < -0.4 is 5.32 Å². The molecule has 1 aromatic rings. The molecule has 0 unspecified atom stereocenters. The number of fused-ring (bicyclic) bond motifs is 1. The van der Waals surface area contributed by atoms with Crippen LogP contribution in [0.1, 0.15) is 33.6 Å². The van der Waals surface area contributed by atoms with Crippen LogP contribution in [-0.2, 0) is 4.79 Å². The van der Waals surface area contributed by atoms with Gasteiger partial charge in [0.05, 0.1) is 11.1 Å². The van der Waals surface area contributed by atoms with Gasteiger partial charge in [0.1, 0.15) is 0 Å². The standard InChI is InChI=1S/C14H15BrN2O3S/c15-9-3-4-10-11(8-9)14(20)17(13(10)19)6-1-2-12(18)16-5-7-21/h3-4,8,21H,1-2,5-7H2,(H,16,18). The molecule has 7 heteroatoms. The van der Waals surface area contributed by atoms with Gasteiger partial charge >= 0.3 is 0 Å². The van der Waals surface area contributed by atoms with Crippen molar-refractivity contribution in [1.29, 1.82) is 0 Å². The maximum Gasteiger partial charge on any atom is 0.261 e. The van der Waals surface area contributed by atoms with E-state index >= 15 is 0 Å². The van der Waals surface area contributed by atoms with Crippen LogP contribution in [0.15, 0.2) is 22.7 Å². The number of thiol groups is 1. The van der Waals surface area contributed by atoms with E-state index in [1.165, 1.54) is 4.90 Å². The molecular weight excluding hydrogens is 356 g/mol. The monoisotopic (exact) mass is 370 g/mol. The highest BCUT2D eigenvalue weighted by Gasteiger charge is 2.35. The molecule has 3 amide bonds. The van der Waals surface area contributed by atoms with E-state index in [9.17, 15) is 14.4 Å². The maximum atomic E-state index is 12.2. The molecule has 0 bridgehead atoms. The molecule has 0 spiro atoms. The summed E-state index contributed by atoms with van der Waals surface area (Å²) >= 11 is 7.29. The summed E-state index contributed by atoms with van der Waals surface area (Å²) < 4.78 is 0.760. The molecule has 112 valence electrons. The van der Waals surface area contributed by atoms with E-state index in [1.54, 1.807) is 18.2 Å². The first-order valence-electron chi connectivity index (χ1n) is 6.58. The predicted molar refractivity (Wildman–Crippen MR) is 85.6 cm³/mol. The number of hydrogen-bond donors (Lipinski definition) is 2. The lowest BCUT2D eigenvalue weighted by Gasteiger charge is -2.13. The fourth-order valence-electron chi connectivity index (χ4n) is 2.15. The highest BCUT2D eigenvalue weighted by atomic mass is 79.9. The number of benzene rings is 1. The van der Waals surface area contributed by atoms with Crippen LogP contribution in [0.2, 0.25) is 0 Å². The molecule has 0 saturated heterocycles. The molecule has 0 saturated carbocycles. The number of carbonyl (C=O) groups is 3. The van der Waals surface area contributed by atoms with Crippen molar-refractivity contribution in [2.24, 2.45) is 0 Å². The largest absolute Gasteiger partial charge is 0.355 e. The average molecular weight is 371 g/mol. The van der Waals surface area contributed by atoms with Crippen LogP contribution in [0.25, 0.3) is 0 Å². The molecule has 0 atom stereocenters. The van der Waals surface area contributed by atoms with Crippen molar-refractivity contribution in [3.8, 4) is 0 Å². The first-order valence-corrected chi connectivity index (χ1v) is 8.00. The number of amides is 3. The van der Waals surface area contributed by atoms with Gasteiger partial charge in [-0.15, -0.1) is 0 Å². The summed E-state index contributed by atoms with van der Waals surface area (Å²) in [6.45, 7) is 0.765. The van der Waals surface area contributed by atoms with Gasteiger partial charge in [0.25, 0.3) is 11.8 Å². The molecule has 5 nitrogen and oxygen atoms in total. The fourth-order valence-corrected chi connectivity index (χ4v) is 2.62. The maximum absolute atomic E-state index is 12.2. The quantitative estimate of drug-likeness (QED) is 0.593. The Morgan fingerprint density at radius 1 is 1.24 bits per heavy atom. The lowest BCUT2D eigenvalue weighted by atomic mass is 10.1. The van der Waals surface area contributed by atoms with Crippen molar-refractivity contribution in [1.82, 2.24) is 10.2 Å². The minimum Gasteiger partial charge on any atom is -0.355 e. The lowest BCUT2D eigenvalue weighted by Crippen LogP contribution is -2.32. The zero-order chi connectivity index (χ0) is 15.4. The minimum absolute atomic E-state index is 0.0941. The molecular formula is C14H15BrN2O3S. The third-order valence-electron chi connectivity index (χ3n) is 3.15. The zero-order valence-corrected chi connectivity index (χ0v) is 13.7. The van der Waals surface area contributed by atoms with E-state index in [-0.39, 0.29) is 30.7 Å². The molecule has 1 aliphatic rings. The number of imide groups is 1. The number of rotatable bonds is 6. The van der Waals surface area contributed by atoms with Gasteiger partial charge in [-0.2, -0.15) is 12.6 Å². The average Bonchev–Trinajstić information content (AvgIpc) is 2.69. The normalized spacial score (nSPS) is 13.5. The van der Waals surface area contributed by atoms with Crippen LogP contribution in [0.4, 0.5) is 0 Å². The van der Waals surface area contributed by atoms with Gasteiger partial charge in [-0.1, -0.05) is 15.9 Å². The second-order valence-electron chi connectivity index (χ2n) is 4.63. The Bertz CT molecular complexity index is 592. The third-order valence-corrected chi connectivity index (χ3v) is 3.87. The van der Waals surface area contributed by atoms with E-state index in [0.717, 1.165) is 4.47 Å². The lowest BCUT2D eigenvalue weighted by molar-refractivity contribution is -0.121. The van der Waals surface area contributed by atoms with Gasteiger partial charge in [-0.05, 0) is 24.6 Å². The van der Waals surface area contributed by atoms with Crippen molar-refractivity contribution in [3.63, 3.8) is 0 Å². The Balaban J connectivity index is 1.93. The Kier molecular flexibility index (Phi) is 5.41. The molecule has 0 aliphatic carbocycles. The molecule has 1 aromatic carbocycles. The second kappa shape index (κ2) is 7.09. The van der Waals surface area contributed by atoms with Gasteiger partial charge in [0.15, 0.2) is 0 Å². The molecule has 2 rings (SSSR count). The summed E-state index contributed by atoms with van der Waals surface area (Å²) in [6, 6.07) is 5.02. The van der Waals surface area contributed by atoms with Crippen molar-refractivity contribution >= 4 is 46.3 Å². The number of carbonyl (C=O) groups excluding carboxylic acids is 3. The number of hydrogen-bond acceptors (Lipinski definition) is 4. The number of nitrogens with one attached hydrogen (secondary N) is 1. The van der Waals surface area contributed by atoms with E-state index in [0.29, 0.717) is 29.8 Å². The first-order chi connectivity index (χ1) is 10.0. The zero-order valence-electron chi connectivity index (χ0n) is 11.3. The molecule has 1 N–H and O–H groups in total. The predicted octanol–water partition coefficient (Wildman–Crippen LogP) is 1.87. The summed E-state index contributed by atoms with van der Waals surface area (Å²) in [6.07, 6.45) is 0.732. The van der Waals surface area contributed by atoms with Gasteiger partial charge in [0, 0.05) is 29.7 Å². The third kappa shape index (κ3) is 3.65. The smallest absolute Gasteiger partial charge is 0.261 e. The Hall–Kier alpha value is -1.34. The molecule has 0 fully saturated rings. The van der Waals surface area contributed by atoms with Crippen LogP contribution in [0, 0.1) is 0 Å². The van der Waals surface area contributed by atoms with Crippen LogP contribution in [0.3, 0.4) is 0 Å². The summed E-state index contributed by atoms with van der Waals surface area (Å²) in [5.41, 5.74) is 0.830. The first kappa shape index (κ1) is 16.0. The van der Waals surface area contributed by atoms with E-state index in [4.69, 9.17) is 0 Å². The molecule has 0 radical (unpaired) electrons. The van der Waals surface area contributed by atoms with Gasteiger partial charge < -0.3 is 5.32 Å². The van der Waals surface area contributed by atoms with Gasteiger partial charge in [-0.25, -0.2) is 0 Å². The van der Waals surface area contributed by atoms with E-state index < -0.39 is 0 Å². The molecule has 1 heterocycles. The van der Waals surface area contributed by atoms with Crippen molar-refractivity contribution in [3.05, 3.63) is 33.8 Å². The summed E-state index contributed by atoms with van der Waals surface area (Å²) in [4.78, 5) is 37.0. The molecule has 0 aromatic heterocycles. The summed E-state index contributed by atoms with van der Waals surface area (Å²) in [7, 11) is 0. The Morgan fingerprint density at radius 2 is 1.95 bits per heavy atom. The molecule has 21 heavy (non-hydrogen) atoms. The van der Waals surface area contributed by atoms with Crippen molar-refractivity contribution < 1.29 is 14.4 Å². The van der Waals surface area contributed by atoms with Crippen molar-refractivity contribution in [2.75, 3.05) is 18.8 Å². The highest BCUT2D eigenvalue weighted by Crippen LogP contribution is 2.26. The van der Waals surface area contributed by atoms with Crippen LogP contribution in [0.5, 0.6) is 0 Å². The van der Waals surface area contributed by atoms with Crippen molar-refractivity contribution in [2.45, 2.75) is 12.8 Å². The summed E-state index contributed by atoms with van der Waals surface area (Å²) in [5, 5.41) is 2.69. The number of halogens is 1. The number of nitrogens with zero attached hydrogens (tertiary/aromatic N) is 1. The highest BCUT2D eigenvalue weighted by molar-refractivity contribution is 9.10. The topological polar surface area (TPSA) is 66.5 Å². The second-order valence-corrected chi connectivity index (χ2v) is 5.99. The SMILES string of the molecule is O=C(CCCN1C(=O)c2ccc(Br)cc2C1=O)NCCS. The van der Waals surface area contributed by atoms with Gasteiger partial charge in [-0.3, -0.25) is 19.3 Å². The van der Waals surface area contributed by atoms with Gasteiger partial charge in [0.2, 0.25) is 5.91 Å². The Labute approximate surface area is 136 Å². The van der Waals surface area contributed by atoms with Crippen LogP contribution >= 0.6 is 28.6 Å². The Morgan fingerprint density at radius 3 is 2.67 bits per heavy atom. The fraction of sp³-hybridized carbons (Fsp3) is 0.357. The van der Waals surface area contributed by atoms with Crippen LogP contribution in [-0.4, -0.2) is 41.5 Å². The van der Waals surface area contributed by atoms with E-state index in [1.807, 2.05) is 0 Å². The minimum atomic E-state index is -0.299. The van der Waals surface area contributed by atoms with E-state index in [2.05, 4.69) is 33.9 Å².